The lowest BCUT2D eigenvalue weighted by Crippen LogP contribution is -2.35. The number of carbonyl (C=O) groups is 1. The average molecular weight is 397 g/mol. The normalized spacial score (nSPS) is 17.0. The quantitative estimate of drug-likeness (QED) is 0.790. The zero-order chi connectivity index (χ0) is 20.3. The van der Waals surface area contributed by atoms with Gasteiger partial charge >= 0.3 is 6.18 Å². The molecule has 28 heavy (non-hydrogen) atoms. The van der Waals surface area contributed by atoms with Gasteiger partial charge in [-0.3, -0.25) is 9.59 Å². The summed E-state index contributed by atoms with van der Waals surface area (Å²) in [6.07, 6.45) is -3.12. The Labute approximate surface area is 158 Å². The van der Waals surface area contributed by atoms with Gasteiger partial charge in [-0.15, -0.1) is 0 Å². The van der Waals surface area contributed by atoms with E-state index in [2.05, 4.69) is 10.2 Å². The number of amides is 1. The topological polar surface area (TPSA) is 54.3 Å². The lowest BCUT2D eigenvalue weighted by molar-refractivity contribution is -0.138. The summed E-state index contributed by atoms with van der Waals surface area (Å²) in [5, 5.41) is 2.67. The molecule has 1 aromatic carbocycles. The van der Waals surface area contributed by atoms with E-state index in [1.807, 2.05) is 0 Å². The van der Waals surface area contributed by atoms with Gasteiger partial charge in [-0.1, -0.05) is 0 Å². The van der Waals surface area contributed by atoms with Crippen molar-refractivity contribution in [2.24, 2.45) is 5.92 Å². The number of nitrogens with one attached hydrogen (secondary N) is 1. The lowest BCUT2D eigenvalue weighted by atomic mass is 10.1. The third-order valence-electron chi connectivity index (χ3n) is 4.69. The number of benzene rings is 1. The van der Waals surface area contributed by atoms with Crippen LogP contribution in [0.4, 0.5) is 23.2 Å². The number of rotatable bonds is 5. The number of nitrogens with zero attached hydrogens (tertiary/aromatic N) is 2. The summed E-state index contributed by atoms with van der Waals surface area (Å²) in [4.78, 5) is 25.8. The van der Waals surface area contributed by atoms with Gasteiger partial charge in [0, 0.05) is 37.6 Å². The number of pyridine rings is 1. The summed E-state index contributed by atoms with van der Waals surface area (Å²) in [6, 6.07) is 7.65. The summed E-state index contributed by atoms with van der Waals surface area (Å²) in [5.74, 6) is -0.675. The Bertz CT molecular complexity index is 893. The van der Waals surface area contributed by atoms with Crippen LogP contribution in [0.2, 0.25) is 0 Å². The van der Waals surface area contributed by atoms with Gasteiger partial charge in [0.05, 0.1) is 5.56 Å². The Kier molecular flexibility index (Phi) is 5.71. The minimum atomic E-state index is -4.58. The van der Waals surface area contributed by atoms with E-state index in [1.54, 1.807) is 12.1 Å². The number of hydrogen-bond donors (Lipinski definition) is 1. The zero-order valence-electron chi connectivity index (χ0n) is 14.9. The Morgan fingerprint density at radius 3 is 2.54 bits per heavy atom. The van der Waals surface area contributed by atoms with Gasteiger partial charge in [-0.2, -0.15) is 13.2 Å². The molecular formula is C19H19F4N3O2. The van der Waals surface area contributed by atoms with Crippen LogP contribution in [0, 0.1) is 11.7 Å². The Hall–Kier alpha value is -2.84. The van der Waals surface area contributed by atoms with Crippen molar-refractivity contribution in [3.8, 4) is 0 Å². The third-order valence-corrected chi connectivity index (χ3v) is 4.69. The molecule has 2 aromatic rings. The zero-order valence-corrected chi connectivity index (χ0v) is 14.9. The molecule has 0 aliphatic carbocycles. The van der Waals surface area contributed by atoms with E-state index in [-0.39, 0.29) is 11.7 Å². The number of hydrogen-bond acceptors (Lipinski definition) is 3. The van der Waals surface area contributed by atoms with Gasteiger partial charge in [-0.25, -0.2) is 4.39 Å². The molecule has 1 aliphatic rings. The summed E-state index contributed by atoms with van der Waals surface area (Å²) in [7, 11) is 0. The first-order valence-corrected chi connectivity index (χ1v) is 8.77. The molecule has 1 saturated heterocycles. The van der Waals surface area contributed by atoms with Crippen LogP contribution in [0.15, 0.2) is 47.4 Å². The minimum absolute atomic E-state index is 0.159. The Balaban J connectivity index is 1.53. The highest BCUT2D eigenvalue weighted by molar-refractivity contribution is 5.75. The third kappa shape index (κ3) is 4.90. The maximum absolute atomic E-state index is 13.0. The van der Waals surface area contributed by atoms with E-state index in [0.29, 0.717) is 25.4 Å². The molecule has 1 atom stereocenters. The molecule has 1 aliphatic heterocycles. The molecule has 0 bridgehead atoms. The van der Waals surface area contributed by atoms with E-state index in [0.717, 1.165) is 29.3 Å². The molecule has 150 valence electrons. The molecule has 1 amide bonds. The largest absolute Gasteiger partial charge is 0.417 e. The Morgan fingerprint density at radius 1 is 1.14 bits per heavy atom. The predicted molar refractivity (Wildman–Crippen MR) is 95.4 cm³/mol. The predicted octanol–water partition coefficient (Wildman–Crippen LogP) is 2.65. The van der Waals surface area contributed by atoms with Crippen LogP contribution in [0.5, 0.6) is 0 Å². The van der Waals surface area contributed by atoms with E-state index in [1.165, 1.54) is 12.1 Å². The summed E-state index contributed by atoms with van der Waals surface area (Å²) in [5.41, 5.74) is -0.761. The first kappa shape index (κ1) is 19.9. The monoisotopic (exact) mass is 397 g/mol. The summed E-state index contributed by atoms with van der Waals surface area (Å²) in [6.45, 7) is 1.32. The number of halogens is 4. The van der Waals surface area contributed by atoms with E-state index in [9.17, 15) is 27.2 Å². The van der Waals surface area contributed by atoms with E-state index in [4.69, 9.17) is 0 Å². The second-order valence-electron chi connectivity index (χ2n) is 6.76. The molecule has 3 rings (SSSR count). The minimum Gasteiger partial charge on any atom is -0.371 e. The molecule has 0 spiro atoms. The lowest BCUT2D eigenvalue weighted by Gasteiger charge is -2.19. The molecule has 0 radical (unpaired) electrons. The molecule has 2 heterocycles. The van der Waals surface area contributed by atoms with Crippen LogP contribution in [0.3, 0.4) is 0 Å². The first-order chi connectivity index (χ1) is 13.2. The SMILES string of the molecule is O=C(Cn1cc(C(F)(F)F)ccc1=O)NCC1CCN(c2ccc(F)cc2)C1. The fraction of sp³-hybridized carbons (Fsp3) is 0.368. The fourth-order valence-electron chi connectivity index (χ4n) is 3.18. The maximum Gasteiger partial charge on any atom is 0.417 e. The number of aromatic nitrogens is 1. The first-order valence-electron chi connectivity index (χ1n) is 8.77. The number of anilines is 1. The van der Waals surface area contributed by atoms with Gasteiger partial charge in [0.25, 0.3) is 5.56 Å². The van der Waals surface area contributed by atoms with Crippen molar-refractivity contribution in [1.82, 2.24) is 9.88 Å². The fourth-order valence-corrected chi connectivity index (χ4v) is 3.18. The van der Waals surface area contributed by atoms with Crippen LogP contribution in [-0.4, -0.2) is 30.1 Å². The summed E-state index contributed by atoms with van der Waals surface area (Å²) >= 11 is 0. The van der Waals surface area contributed by atoms with Gasteiger partial charge in [0.15, 0.2) is 0 Å². The standard InChI is InChI=1S/C19H19F4N3O2/c20-15-2-4-16(5-3-15)25-8-7-13(10-25)9-24-17(27)12-26-11-14(19(21,22)23)1-6-18(26)28/h1-6,11,13H,7-10,12H2,(H,24,27). The van der Waals surface area contributed by atoms with Crippen LogP contribution >= 0.6 is 0 Å². The number of alkyl halides is 3. The van der Waals surface area contributed by atoms with Crippen molar-refractivity contribution in [1.29, 1.82) is 0 Å². The van der Waals surface area contributed by atoms with Crippen molar-refractivity contribution in [2.75, 3.05) is 24.5 Å². The van der Waals surface area contributed by atoms with Crippen LogP contribution in [-0.2, 0) is 17.5 Å². The highest BCUT2D eigenvalue weighted by Gasteiger charge is 2.31. The molecule has 1 fully saturated rings. The average Bonchev–Trinajstić information content (AvgIpc) is 3.10. The highest BCUT2D eigenvalue weighted by Crippen LogP contribution is 2.28. The van der Waals surface area contributed by atoms with E-state index < -0.39 is 29.8 Å². The smallest absolute Gasteiger partial charge is 0.371 e. The summed E-state index contributed by atoms with van der Waals surface area (Å²) < 4.78 is 52.0. The number of carbonyl (C=O) groups excluding carboxylic acids is 1. The molecule has 5 nitrogen and oxygen atoms in total. The molecule has 9 heteroatoms. The second-order valence-corrected chi connectivity index (χ2v) is 6.76. The Morgan fingerprint density at radius 2 is 1.86 bits per heavy atom. The highest BCUT2D eigenvalue weighted by atomic mass is 19.4. The van der Waals surface area contributed by atoms with Gasteiger partial charge < -0.3 is 14.8 Å². The second kappa shape index (κ2) is 8.04. The molecular weight excluding hydrogens is 378 g/mol. The van der Waals surface area contributed by atoms with Crippen molar-refractivity contribution in [2.45, 2.75) is 19.1 Å². The molecule has 1 unspecified atom stereocenters. The molecule has 0 saturated carbocycles. The molecule has 1 aromatic heterocycles. The molecule has 1 N–H and O–H groups in total. The van der Waals surface area contributed by atoms with Crippen molar-refractivity contribution in [3.63, 3.8) is 0 Å². The van der Waals surface area contributed by atoms with E-state index >= 15 is 0 Å². The van der Waals surface area contributed by atoms with Crippen molar-refractivity contribution in [3.05, 3.63) is 64.3 Å². The van der Waals surface area contributed by atoms with Crippen LogP contribution < -0.4 is 15.8 Å². The van der Waals surface area contributed by atoms with Gasteiger partial charge in [-0.05, 0) is 42.7 Å². The van der Waals surface area contributed by atoms with Crippen LogP contribution in [0.25, 0.3) is 0 Å². The van der Waals surface area contributed by atoms with Crippen molar-refractivity contribution < 1.29 is 22.4 Å². The van der Waals surface area contributed by atoms with Crippen molar-refractivity contribution >= 4 is 11.6 Å². The van der Waals surface area contributed by atoms with Gasteiger partial charge in [0.2, 0.25) is 5.91 Å². The van der Waals surface area contributed by atoms with Gasteiger partial charge in [0.1, 0.15) is 12.4 Å². The van der Waals surface area contributed by atoms with Crippen LogP contribution in [0.1, 0.15) is 12.0 Å². The maximum atomic E-state index is 13.0.